The molecular formula is C24H35N3O5. The minimum atomic E-state index is -0.456. The number of ether oxygens (including phenoxy) is 3. The Morgan fingerprint density at radius 3 is 2.56 bits per heavy atom. The first-order valence-electron chi connectivity index (χ1n) is 11.1. The van der Waals surface area contributed by atoms with E-state index in [1.54, 1.807) is 31.3 Å². The van der Waals surface area contributed by atoms with E-state index in [-0.39, 0.29) is 17.7 Å². The maximum absolute atomic E-state index is 12.2. The monoisotopic (exact) mass is 445 g/mol. The average Bonchev–Trinajstić information content (AvgIpc) is 3.14. The van der Waals surface area contributed by atoms with Crippen LogP contribution < -0.4 is 4.74 Å². The molecular weight excluding hydrogens is 410 g/mol. The molecule has 1 amide bonds. The molecule has 1 aliphatic heterocycles. The zero-order valence-corrected chi connectivity index (χ0v) is 19.8. The number of methoxy groups -OCH3 is 1. The standard InChI is InChI=1S/C24H35N3O5/c1-18(2)17-31-24(29)27(4)14-9-7-6-8-13-26(3)16-21-23(28)32-22(25-21)19-11-10-12-20(15-19)30-5/h10-12,15-16,18H,6-9,13-14,17H2,1-5H3. The van der Waals surface area contributed by atoms with Crippen molar-refractivity contribution in [1.29, 1.82) is 0 Å². The van der Waals surface area contributed by atoms with E-state index in [9.17, 15) is 9.59 Å². The number of hydrogen-bond donors (Lipinski definition) is 0. The number of benzene rings is 1. The summed E-state index contributed by atoms with van der Waals surface area (Å²) in [6.45, 7) is 5.96. The van der Waals surface area contributed by atoms with Gasteiger partial charge < -0.3 is 24.0 Å². The van der Waals surface area contributed by atoms with Crippen molar-refractivity contribution in [2.75, 3.05) is 40.9 Å². The van der Waals surface area contributed by atoms with Crippen LogP contribution in [0, 0.1) is 5.92 Å². The Bertz CT molecular complexity index is 835. The molecule has 0 saturated heterocycles. The molecule has 0 saturated carbocycles. The van der Waals surface area contributed by atoms with Gasteiger partial charge in [-0.15, -0.1) is 0 Å². The smallest absolute Gasteiger partial charge is 0.409 e. The molecule has 8 nitrogen and oxygen atoms in total. The third kappa shape index (κ3) is 8.24. The molecule has 2 rings (SSSR count). The van der Waals surface area contributed by atoms with Crippen LogP contribution in [0.5, 0.6) is 5.75 Å². The fraction of sp³-hybridized carbons (Fsp3) is 0.542. The molecule has 0 N–H and O–H groups in total. The van der Waals surface area contributed by atoms with Gasteiger partial charge in [0.15, 0.2) is 5.70 Å². The van der Waals surface area contributed by atoms with Crippen molar-refractivity contribution in [3.8, 4) is 5.75 Å². The molecule has 0 radical (unpaired) electrons. The third-order valence-electron chi connectivity index (χ3n) is 4.89. The Morgan fingerprint density at radius 1 is 1.16 bits per heavy atom. The van der Waals surface area contributed by atoms with Crippen LogP contribution in [0.15, 0.2) is 41.2 Å². The summed E-state index contributed by atoms with van der Waals surface area (Å²) in [6.07, 6.45) is 5.41. The van der Waals surface area contributed by atoms with Gasteiger partial charge in [0, 0.05) is 38.9 Å². The summed E-state index contributed by atoms with van der Waals surface area (Å²) >= 11 is 0. The molecule has 1 heterocycles. The second kappa shape index (κ2) is 12.7. The molecule has 0 fully saturated rings. The largest absolute Gasteiger partial charge is 0.497 e. The van der Waals surface area contributed by atoms with E-state index < -0.39 is 5.97 Å². The summed E-state index contributed by atoms with van der Waals surface area (Å²) in [5.74, 6) is 0.839. The van der Waals surface area contributed by atoms with Crippen molar-refractivity contribution >= 4 is 18.0 Å². The minimum Gasteiger partial charge on any atom is -0.497 e. The average molecular weight is 446 g/mol. The normalized spacial score (nSPS) is 14.4. The van der Waals surface area contributed by atoms with Crippen molar-refractivity contribution in [2.24, 2.45) is 10.9 Å². The number of nitrogens with zero attached hydrogens (tertiary/aromatic N) is 3. The number of carbonyl (C=O) groups excluding carboxylic acids is 2. The van der Waals surface area contributed by atoms with Crippen LogP contribution in [-0.4, -0.2) is 68.7 Å². The van der Waals surface area contributed by atoms with E-state index in [0.29, 0.717) is 30.4 Å². The molecule has 1 aromatic carbocycles. The fourth-order valence-electron chi connectivity index (χ4n) is 3.06. The first-order valence-corrected chi connectivity index (χ1v) is 11.1. The summed E-state index contributed by atoms with van der Waals surface area (Å²) in [5.41, 5.74) is 0.980. The van der Waals surface area contributed by atoms with Gasteiger partial charge in [-0.05, 0) is 37.0 Å². The Hall–Kier alpha value is -3.03. The van der Waals surface area contributed by atoms with Crippen LogP contribution in [0.4, 0.5) is 4.79 Å². The van der Waals surface area contributed by atoms with Crippen LogP contribution in [0.1, 0.15) is 45.1 Å². The van der Waals surface area contributed by atoms with E-state index in [4.69, 9.17) is 14.2 Å². The Balaban J connectivity index is 1.71. The third-order valence-corrected chi connectivity index (χ3v) is 4.89. The first kappa shape index (κ1) is 25.2. The van der Waals surface area contributed by atoms with Gasteiger partial charge in [0.05, 0.1) is 13.7 Å². The maximum Gasteiger partial charge on any atom is 0.409 e. The van der Waals surface area contributed by atoms with Crippen LogP contribution >= 0.6 is 0 Å². The lowest BCUT2D eigenvalue weighted by atomic mass is 10.2. The predicted molar refractivity (Wildman–Crippen MR) is 124 cm³/mol. The highest BCUT2D eigenvalue weighted by Gasteiger charge is 2.24. The molecule has 0 aromatic heterocycles. The van der Waals surface area contributed by atoms with Crippen LogP contribution in [0.25, 0.3) is 0 Å². The number of esters is 1. The summed E-state index contributed by atoms with van der Waals surface area (Å²) in [4.78, 5) is 31.9. The maximum atomic E-state index is 12.2. The highest BCUT2D eigenvalue weighted by Crippen LogP contribution is 2.20. The number of amides is 1. The lowest BCUT2D eigenvalue weighted by Crippen LogP contribution is -2.29. The summed E-state index contributed by atoms with van der Waals surface area (Å²) in [6, 6.07) is 7.25. The predicted octanol–water partition coefficient (Wildman–Crippen LogP) is 4.06. The van der Waals surface area contributed by atoms with Crippen molar-refractivity contribution in [3.05, 3.63) is 41.7 Å². The van der Waals surface area contributed by atoms with Gasteiger partial charge in [-0.2, -0.15) is 0 Å². The molecule has 32 heavy (non-hydrogen) atoms. The molecule has 0 atom stereocenters. The van der Waals surface area contributed by atoms with Crippen LogP contribution in [0.3, 0.4) is 0 Å². The van der Waals surface area contributed by atoms with E-state index in [0.717, 1.165) is 32.2 Å². The summed E-state index contributed by atoms with van der Waals surface area (Å²) in [5, 5.41) is 0. The van der Waals surface area contributed by atoms with E-state index in [2.05, 4.69) is 4.99 Å². The number of hydrogen-bond acceptors (Lipinski definition) is 7. The highest BCUT2D eigenvalue weighted by atomic mass is 16.6. The van der Waals surface area contributed by atoms with Gasteiger partial charge in [0.1, 0.15) is 5.75 Å². The van der Waals surface area contributed by atoms with Crippen LogP contribution in [-0.2, 0) is 14.3 Å². The summed E-state index contributed by atoms with van der Waals surface area (Å²) < 4.78 is 15.7. The first-order chi connectivity index (χ1) is 15.3. The van der Waals surface area contributed by atoms with E-state index >= 15 is 0 Å². The molecule has 8 heteroatoms. The number of carbonyl (C=O) groups is 2. The second-order valence-electron chi connectivity index (χ2n) is 8.34. The van der Waals surface area contributed by atoms with Crippen molar-refractivity contribution in [1.82, 2.24) is 9.80 Å². The molecule has 176 valence electrons. The van der Waals surface area contributed by atoms with Crippen LogP contribution in [0.2, 0.25) is 0 Å². The van der Waals surface area contributed by atoms with Gasteiger partial charge >= 0.3 is 12.1 Å². The zero-order valence-electron chi connectivity index (χ0n) is 19.8. The zero-order chi connectivity index (χ0) is 23.5. The summed E-state index contributed by atoms with van der Waals surface area (Å²) in [7, 11) is 5.27. The van der Waals surface area contributed by atoms with Gasteiger partial charge in [-0.3, -0.25) is 0 Å². The van der Waals surface area contributed by atoms with E-state index in [1.807, 2.05) is 44.0 Å². The Morgan fingerprint density at radius 2 is 1.88 bits per heavy atom. The lowest BCUT2D eigenvalue weighted by Gasteiger charge is -2.18. The minimum absolute atomic E-state index is 0.262. The van der Waals surface area contributed by atoms with Crippen molar-refractivity contribution < 1.29 is 23.8 Å². The Kier molecular flexibility index (Phi) is 10.0. The van der Waals surface area contributed by atoms with Gasteiger partial charge in [0.25, 0.3) is 0 Å². The van der Waals surface area contributed by atoms with Gasteiger partial charge in [-0.25, -0.2) is 14.6 Å². The Labute approximate surface area is 190 Å². The quantitative estimate of drug-likeness (QED) is 0.274. The van der Waals surface area contributed by atoms with Crippen molar-refractivity contribution in [2.45, 2.75) is 39.5 Å². The second-order valence-corrected chi connectivity index (χ2v) is 8.34. The molecule has 0 unspecified atom stereocenters. The van der Waals surface area contributed by atoms with Gasteiger partial charge in [-0.1, -0.05) is 32.8 Å². The number of cyclic esters (lactones) is 1. The fourth-order valence-corrected chi connectivity index (χ4v) is 3.06. The molecule has 0 bridgehead atoms. The highest BCUT2D eigenvalue weighted by molar-refractivity contribution is 6.11. The van der Waals surface area contributed by atoms with E-state index in [1.165, 1.54) is 0 Å². The van der Waals surface area contributed by atoms with Gasteiger partial charge in [0.2, 0.25) is 5.90 Å². The molecule has 0 aliphatic carbocycles. The number of unbranched alkanes of at least 4 members (excludes halogenated alkanes) is 3. The lowest BCUT2D eigenvalue weighted by molar-refractivity contribution is -0.130. The topological polar surface area (TPSA) is 80.7 Å². The number of rotatable bonds is 12. The number of aliphatic imine (C=N–C) groups is 1. The molecule has 1 aromatic rings. The van der Waals surface area contributed by atoms with Crippen molar-refractivity contribution in [3.63, 3.8) is 0 Å². The SMILES string of the molecule is COc1cccc(C2=NC(=CN(C)CCCCCCN(C)C(=O)OCC(C)C)C(=O)O2)c1. The molecule has 1 aliphatic rings. The molecule has 0 spiro atoms.